The van der Waals surface area contributed by atoms with E-state index in [2.05, 4.69) is 22.5 Å². The van der Waals surface area contributed by atoms with E-state index >= 15 is 0 Å². The Hall–Kier alpha value is -3.34. The summed E-state index contributed by atoms with van der Waals surface area (Å²) < 4.78 is 7.51. The maximum atomic E-state index is 12.4. The van der Waals surface area contributed by atoms with Gasteiger partial charge in [-0.25, -0.2) is 4.68 Å². The van der Waals surface area contributed by atoms with Crippen LogP contribution in [-0.4, -0.2) is 22.2 Å². The van der Waals surface area contributed by atoms with Crippen LogP contribution in [-0.2, 0) is 6.42 Å². The molecular formula is C21H19N3O2. The molecule has 0 spiro atoms. The molecule has 0 unspecified atom stereocenters. The van der Waals surface area contributed by atoms with E-state index < -0.39 is 0 Å². The molecule has 4 aromatic rings. The van der Waals surface area contributed by atoms with Crippen molar-refractivity contribution in [2.75, 3.05) is 6.54 Å². The van der Waals surface area contributed by atoms with Gasteiger partial charge in [-0.1, -0.05) is 30.3 Å². The number of para-hydroxylation sites is 1. The number of benzene rings is 2. The predicted molar refractivity (Wildman–Crippen MR) is 101 cm³/mol. The van der Waals surface area contributed by atoms with Gasteiger partial charge in [-0.05, 0) is 43.2 Å². The Kier molecular flexibility index (Phi) is 4.27. The van der Waals surface area contributed by atoms with Gasteiger partial charge in [0.25, 0.3) is 5.91 Å². The summed E-state index contributed by atoms with van der Waals surface area (Å²) in [7, 11) is 0. The average Bonchev–Trinajstić information content (AvgIpc) is 3.31. The van der Waals surface area contributed by atoms with Crippen LogP contribution in [0.1, 0.15) is 21.7 Å². The fourth-order valence-corrected chi connectivity index (χ4v) is 3.03. The van der Waals surface area contributed by atoms with Crippen LogP contribution in [0.2, 0.25) is 0 Å². The topological polar surface area (TPSA) is 60.1 Å². The second kappa shape index (κ2) is 6.88. The van der Waals surface area contributed by atoms with Crippen LogP contribution in [0.3, 0.4) is 0 Å². The number of furan rings is 1. The minimum Gasteiger partial charge on any atom is -0.451 e. The highest BCUT2D eigenvalue weighted by atomic mass is 16.3. The summed E-state index contributed by atoms with van der Waals surface area (Å²) in [5.41, 5.74) is 3.79. The van der Waals surface area contributed by atoms with E-state index in [1.54, 1.807) is 6.20 Å². The number of carbonyl (C=O) groups is 1. The molecule has 4 rings (SSSR count). The smallest absolute Gasteiger partial charge is 0.287 e. The van der Waals surface area contributed by atoms with E-state index in [9.17, 15) is 4.79 Å². The van der Waals surface area contributed by atoms with E-state index in [1.165, 1.54) is 0 Å². The molecule has 2 heterocycles. The molecule has 1 N–H and O–H groups in total. The highest BCUT2D eigenvalue weighted by molar-refractivity contribution is 5.98. The lowest BCUT2D eigenvalue weighted by Crippen LogP contribution is -2.25. The number of carbonyl (C=O) groups excluding carboxylic acids is 1. The van der Waals surface area contributed by atoms with Crippen molar-refractivity contribution in [1.82, 2.24) is 15.1 Å². The van der Waals surface area contributed by atoms with E-state index in [0.717, 1.165) is 34.2 Å². The number of aromatic nitrogens is 2. The van der Waals surface area contributed by atoms with Crippen molar-refractivity contribution in [3.05, 3.63) is 83.9 Å². The largest absolute Gasteiger partial charge is 0.451 e. The summed E-state index contributed by atoms with van der Waals surface area (Å²) in [6.45, 7) is 2.46. The first-order valence-electron chi connectivity index (χ1n) is 8.57. The van der Waals surface area contributed by atoms with Gasteiger partial charge in [-0.2, -0.15) is 5.10 Å². The average molecular weight is 345 g/mol. The zero-order valence-corrected chi connectivity index (χ0v) is 14.5. The normalized spacial score (nSPS) is 11.0. The van der Waals surface area contributed by atoms with Gasteiger partial charge in [-0.15, -0.1) is 0 Å². The van der Waals surface area contributed by atoms with Crippen molar-refractivity contribution in [3.8, 4) is 5.69 Å². The molecule has 1 amide bonds. The third kappa shape index (κ3) is 3.11. The van der Waals surface area contributed by atoms with Gasteiger partial charge in [0.2, 0.25) is 0 Å². The molecule has 0 atom stereocenters. The second-order valence-electron chi connectivity index (χ2n) is 6.18. The van der Waals surface area contributed by atoms with E-state index in [-0.39, 0.29) is 5.91 Å². The fraction of sp³-hybridized carbons (Fsp3) is 0.143. The molecule has 0 radical (unpaired) electrons. The summed E-state index contributed by atoms with van der Waals surface area (Å²) in [5, 5.41) is 8.13. The highest BCUT2D eigenvalue weighted by Gasteiger charge is 2.16. The molecule has 26 heavy (non-hydrogen) atoms. The zero-order chi connectivity index (χ0) is 17.9. The number of hydrogen-bond donors (Lipinski definition) is 1. The summed E-state index contributed by atoms with van der Waals surface area (Å²) in [4.78, 5) is 12.4. The monoisotopic (exact) mass is 345 g/mol. The summed E-state index contributed by atoms with van der Waals surface area (Å²) in [5.74, 6) is 0.215. The molecule has 2 aromatic heterocycles. The number of nitrogens with zero attached hydrogens (tertiary/aromatic N) is 2. The Bertz CT molecular complexity index is 1030. The molecule has 0 aliphatic heterocycles. The molecule has 5 heteroatoms. The maximum absolute atomic E-state index is 12.4. The van der Waals surface area contributed by atoms with Crippen molar-refractivity contribution < 1.29 is 9.21 Å². The van der Waals surface area contributed by atoms with Crippen LogP contribution >= 0.6 is 0 Å². The third-order valence-corrected chi connectivity index (χ3v) is 4.45. The molecule has 0 fully saturated rings. The lowest BCUT2D eigenvalue weighted by Gasteiger charge is -2.06. The van der Waals surface area contributed by atoms with Crippen molar-refractivity contribution in [3.63, 3.8) is 0 Å². The minimum atomic E-state index is -0.174. The number of nitrogens with one attached hydrogen (secondary N) is 1. The number of aryl methyl sites for hydroxylation is 1. The Labute approximate surface area is 151 Å². The number of hydrogen-bond acceptors (Lipinski definition) is 3. The van der Waals surface area contributed by atoms with Gasteiger partial charge < -0.3 is 9.73 Å². The van der Waals surface area contributed by atoms with E-state index in [1.807, 2.05) is 60.3 Å². The van der Waals surface area contributed by atoms with Gasteiger partial charge in [0.05, 0.1) is 5.69 Å². The van der Waals surface area contributed by atoms with Gasteiger partial charge in [0, 0.05) is 29.9 Å². The van der Waals surface area contributed by atoms with Gasteiger partial charge in [-0.3, -0.25) is 4.79 Å². The van der Waals surface area contributed by atoms with Crippen LogP contribution in [0.25, 0.3) is 16.7 Å². The third-order valence-electron chi connectivity index (χ3n) is 4.45. The first-order valence-corrected chi connectivity index (χ1v) is 8.57. The first-order chi connectivity index (χ1) is 12.7. The Morgan fingerprint density at radius 1 is 1.12 bits per heavy atom. The zero-order valence-electron chi connectivity index (χ0n) is 14.5. The highest BCUT2D eigenvalue weighted by Crippen LogP contribution is 2.24. The van der Waals surface area contributed by atoms with Gasteiger partial charge in [0.15, 0.2) is 5.76 Å². The Morgan fingerprint density at radius 2 is 1.92 bits per heavy atom. The SMILES string of the molecule is Cc1c(C(=O)NCCc2ccc(-n3cccn3)cc2)oc2ccccc12. The van der Waals surface area contributed by atoms with Crippen LogP contribution in [0.4, 0.5) is 0 Å². The Morgan fingerprint density at radius 3 is 2.65 bits per heavy atom. The van der Waals surface area contributed by atoms with E-state index in [0.29, 0.717) is 12.3 Å². The lowest BCUT2D eigenvalue weighted by atomic mass is 10.1. The number of rotatable bonds is 5. The molecule has 130 valence electrons. The van der Waals surface area contributed by atoms with Crippen LogP contribution in [0.5, 0.6) is 0 Å². The van der Waals surface area contributed by atoms with Crippen molar-refractivity contribution in [2.24, 2.45) is 0 Å². The quantitative estimate of drug-likeness (QED) is 0.597. The summed E-state index contributed by atoms with van der Waals surface area (Å²) >= 11 is 0. The minimum absolute atomic E-state index is 0.174. The standard InChI is InChI=1S/C21H19N3O2/c1-15-18-5-2-3-6-19(18)26-20(15)21(25)22-13-11-16-7-9-17(10-8-16)24-14-4-12-23-24/h2-10,12,14H,11,13H2,1H3,(H,22,25). The van der Waals surface area contributed by atoms with Crippen molar-refractivity contribution in [2.45, 2.75) is 13.3 Å². The van der Waals surface area contributed by atoms with Crippen molar-refractivity contribution in [1.29, 1.82) is 0 Å². The molecule has 0 saturated heterocycles. The fourth-order valence-electron chi connectivity index (χ4n) is 3.03. The van der Waals surface area contributed by atoms with E-state index in [4.69, 9.17) is 4.42 Å². The summed E-state index contributed by atoms with van der Waals surface area (Å²) in [6.07, 6.45) is 4.42. The second-order valence-corrected chi connectivity index (χ2v) is 6.18. The number of amides is 1. The molecule has 0 aliphatic rings. The van der Waals surface area contributed by atoms with Crippen LogP contribution in [0.15, 0.2) is 71.4 Å². The van der Waals surface area contributed by atoms with Gasteiger partial charge >= 0.3 is 0 Å². The first kappa shape index (κ1) is 16.1. The molecular weight excluding hydrogens is 326 g/mol. The molecule has 0 aliphatic carbocycles. The predicted octanol–water partition coefficient (Wildman–Crippen LogP) is 3.90. The number of fused-ring (bicyclic) bond motifs is 1. The molecule has 2 aromatic carbocycles. The van der Waals surface area contributed by atoms with Crippen molar-refractivity contribution >= 4 is 16.9 Å². The van der Waals surface area contributed by atoms with Crippen LogP contribution in [0, 0.1) is 6.92 Å². The summed E-state index contributed by atoms with van der Waals surface area (Å²) in [6, 6.07) is 17.7. The molecule has 5 nitrogen and oxygen atoms in total. The molecule has 0 saturated carbocycles. The van der Waals surface area contributed by atoms with Crippen LogP contribution < -0.4 is 5.32 Å². The lowest BCUT2D eigenvalue weighted by molar-refractivity contribution is 0.0928. The Balaban J connectivity index is 1.38. The van der Waals surface area contributed by atoms with Gasteiger partial charge in [0.1, 0.15) is 5.58 Å². The maximum Gasteiger partial charge on any atom is 0.287 e. The molecule has 0 bridgehead atoms.